The van der Waals surface area contributed by atoms with Crippen LogP contribution in [0.2, 0.25) is 0 Å². The first-order valence-corrected chi connectivity index (χ1v) is 18.5. The van der Waals surface area contributed by atoms with Crippen molar-refractivity contribution in [2.45, 2.75) is 58.7 Å². The van der Waals surface area contributed by atoms with Gasteiger partial charge in [0.15, 0.2) is 10.8 Å². The molecular weight excluding hydrogens is 673 g/mol. The number of carbonyl (C=O) groups excluding carboxylic acids is 2. The van der Waals surface area contributed by atoms with Crippen LogP contribution < -0.4 is 15.1 Å². The van der Waals surface area contributed by atoms with Crippen LogP contribution in [0.15, 0.2) is 85.2 Å². The third-order valence-corrected chi connectivity index (χ3v) is 10.3. The van der Waals surface area contributed by atoms with E-state index in [0.29, 0.717) is 41.7 Å². The quantitative estimate of drug-likeness (QED) is 0.161. The fourth-order valence-corrected chi connectivity index (χ4v) is 7.71. The molecule has 0 spiro atoms. The summed E-state index contributed by atoms with van der Waals surface area (Å²) >= 11 is 1.45. The van der Waals surface area contributed by atoms with E-state index >= 15 is 0 Å². The van der Waals surface area contributed by atoms with E-state index in [2.05, 4.69) is 37.3 Å². The highest BCUT2D eigenvalue weighted by Gasteiger charge is 2.27. The molecule has 52 heavy (non-hydrogen) atoms. The molecule has 1 fully saturated rings. The number of carbonyl (C=O) groups is 2. The fourth-order valence-electron chi connectivity index (χ4n) is 6.85. The molecule has 1 N–H and O–H groups in total. The Hall–Kier alpha value is -5.62. The predicted molar refractivity (Wildman–Crippen MR) is 204 cm³/mol. The predicted octanol–water partition coefficient (Wildman–Crippen LogP) is 7.37. The number of fused-ring (bicyclic) bond motifs is 2. The zero-order chi connectivity index (χ0) is 35.8. The molecule has 12 heteroatoms. The summed E-state index contributed by atoms with van der Waals surface area (Å²) in [5.74, 6) is 0.915. The monoisotopic (exact) mass is 712 g/mol. The molecule has 0 unspecified atom stereocenters. The van der Waals surface area contributed by atoms with E-state index in [1.807, 2.05) is 92.3 Å². The highest BCUT2D eigenvalue weighted by Crippen LogP contribution is 2.32. The van der Waals surface area contributed by atoms with E-state index in [-0.39, 0.29) is 11.6 Å². The second-order valence-electron chi connectivity index (χ2n) is 14.2. The molecule has 0 atom stereocenters. The summed E-state index contributed by atoms with van der Waals surface area (Å²) in [4.78, 5) is 46.2. The number of ether oxygens (including phenoxy) is 1. The molecule has 2 aliphatic rings. The van der Waals surface area contributed by atoms with Crippen molar-refractivity contribution in [1.29, 1.82) is 0 Å². The van der Waals surface area contributed by atoms with Gasteiger partial charge in [-0.1, -0.05) is 41.7 Å². The number of anilines is 3. The van der Waals surface area contributed by atoms with Crippen LogP contribution in [0.3, 0.4) is 0 Å². The third kappa shape index (κ3) is 7.11. The maximum atomic E-state index is 13.7. The van der Waals surface area contributed by atoms with Gasteiger partial charge in [0.2, 0.25) is 0 Å². The number of pyridine rings is 2. The van der Waals surface area contributed by atoms with Gasteiger partial charge in [-0.15, -0.1) is 0 Å². The van der Waals surface area contributed by atoms with Crippen molar-refractivity contribution in [2.75, 3.05) is 34.8 Å². The number of amides is 1. The minimum atomic E-state index is -0.710. The molecule has 6 aromatic rings. The lowest BCUT2D eigenvalue weighted by Crippen LogP contribution is -2.33. The number of benzene rings is 2. The molecule has 2 aliphatic heterocycles. The molecule has 2 aromatic carbocycles. The summed E-state index contributed by atoms with van der Waals surface area (Å²) < 4.78 is 8.71. The first-order chi connectivity index (χ1) is 25.2. The molecule has 6 heterocycles. The van der Waals surface area contributed by atoms with Gasteiger partial charge >= 0.3 is 5.97 Å². The van der Waals surface area contributed by atoms with Crippen LogP contribution in [-0.4, -0.2) is 61.8 Å². The number of rotatable bonds is 8. The molecule has 264 valence electrons. The van der Waals surface area contributed by atoms with E-state index < -0.39 is 11.6 Å². The molecule has 0 radical (unpaired) electrons. The summed E-state index contributed by atoms with van der Waals surface area (Å²) in [5, 5.41) is 8.20. The van der Waals surface area contributed by atoms with Crippen LogP contribution in [-0.2, 0) is 24.2 Å². The van der Waals surface area contributed by atoms with Crippen molar-refractivity contribution in [3.8, 4) is 11.1 Å². The first-order valence-electron chi connectivity index (χ1n) is 17.7. The van der Waals surface area contributed by atoms with Crippen LogP contribution in [0.1, 0.15) is 71.3 Å². The largest absolute Gasteiger partial charge is 0.455 e. The van der Waals surface area contributed by atoms with Crippen molar-refractivity contribution < 1.29 is 14.3 Å². The number of aromatic nitrogens is 5. The number of nitrogens with one attached hydrogen (secondary N) is 1. The van der Waals surface area contributed by atoms with Crippen LogP contribution in [0.25, 0.3) is 21.3 Å². The average molecular weight is 713 g/mol. The lowest BCUT2D eigenvalue weighted by Gasteiger charge is -2.31. The van der Waals surface area contributed by atoms with E-state index in [1.165, 1.54) is 24.2 Å². The number of hydrogen-bond acceptors (Lipinski definition) is 10. The molecule has 4 aromatic heterocycles. The fraction of sp³-hybridized carbons (Fsp3) is 0.300. The standard InChI is InChI=1S/C40H40N8O3S/c1-40(2,3)51-38(50)36-29(27-22-41-48(23-27)24-28-11-9-15-34(42-28)46-19-6-7-20-46)16-17-35(44-36)47-21-18-26-10-8-12-30(31(26)25-47)37(49)45-39-43-32-13-4-5-14-33(32)52-39/h4-5,8-17,22-23H,6-7,18-21,24-25H2,1-3H3,(H,43,45,49). The van der Waals surface area contributed by atoms with Crippen LogP contribution >= 0.6 is 11.3 Å². The molecule has 0 saturated carbocycles. The Labute approximate surface area is 306 Å². The molecule has 11 nitrogen and oxygen atoms in total. The maximum absolute atomic E-state index is 13.7. The summed E-state index contributed by atoms with van der Waals surface area (Å²) in [6.07, 6.45) is 6.78. The number of para-hydroxylation sites is 1. The maximum Gasteiger partial charge on any atom is 0.358 e. The molecule has 0 aliphatic carbocycles. The highest BCUT2D eigenvalue weighted by molar-refractivity contribution is 7.22. The van der Waals surface area contributed by atoms with E-state index in [9.17, 15) is 9.59 Å². The van der Waals surface area contributed by atoms with Gasteiger partial charge in [-0.2, -0.15) is 5.10 Å². The Balaban J connectivity index is 1.06. The molecule has 0 bridgehead atoms. The summed E-state index contributed by atoms with van der Waals surface area (Å²) in [6.45, 7) is 9.23. The van der Waals surface area contributed by atoms with Crippen molar-refractivity contribution in [2.24, 2.45) is 0 Å². The number of esters is 1. The zero-order valence-corrected chi connectivity index (χ0v) is 30.3. The van der Waals surface area contributed by atoms with Gasteiger partial charge in [-0.05, 0) is 93.6 Å². The summed E-state index contributed by atoms with van der Waals surface area (Å²) in [5.41, 5.74) is 5.31. The number of thiazole rings is 1. The van der Waals surface area contributed by atoms with E-state index in [4.69, 9.17) is 14.7 Å². The highest BCUT2D eigenvalue weighted by atomic mass is 32.1. The van der Waals surface area contributed by atoms with Crippen LogP contribution in [0.5, 0.6) is 0 Å². The van der Waals surface area contributed by atoms with Gasteiger partial charge < -0.3 is 14.5 Å². The third-order valence-electron chi connectivity index (χ3n) is 9.32. The number of hydrogen-bond donors (Lipinski definition) is 1. The van der Waals surface area contributed by atoms with Crippen LogP contribution in [0.4, 0.5) is 16.8 Å². The Kier molecular flexibility index (Phi) is 8.92. The van der Waals surface area contributed by atoms with E-state index in [0.717, 1.165) is 57.9 Å². The summed E-state index contributed by atoms with van der Waals surface area (Å²) in [7, 11) is 0. The topological polar surface area (TPSA) is 118 Å². The average Bonchev–Trinajstić information content (AvgIpc) is 3.92. The Bertz CT molecular complexity index is 2250. The smallest absolute Gasteiger partial charge is 0.358 e. The Morgan fingerprint density at radius 2 is 1.67 bits per heavy atom. The van der Waals surface area contributed by atoms with Crippen LogP contribution in [0, 0.1) is 0 Å². The van der Waals surface area contributed by atoms with Gasteiger partial charge in [0, 0.05) is 49.1 Å². The molecule has 1 amide bonds. The van der Waals surface area contributed by atoms with Crippen molar-refractivity contribution in [3.05, 3.63) is 113 Å². The summed E-state index contributed by atoms with van der Waals surface area (Å²) in [6, 6.07) is 23.6. The first kappa shape index (κ1) is 33.5. The van der Waals surface area contributed by atoms with Gasteiger partial charge in [-0.3, -0.25) is 14.8 Å². The van der Waals surface area contributed by atoms with Gasteiger partial charge in [0.05, 0.1) is 28.7 Å². The lowest BCUT2D eigenvalue weighted by molar-refractivity contribution is 0.00638. The van der Waals surface area contributed by atoms with Crippen molar-refractivity contribution in [3.63, 3.8) is 0 Å². The Morgan fingerprint density at radius 1 is 0.865 bits per heavy atom. The normalized spacial score (nSPS) is 14.4. The SMILES string of the molecule is CC(C)(C)OC(=O)c1nc(N2CCc3cccc(C(=O)Nc4nc5ccccc5s4)c3C2)ccc1-c1cnn(Cc2cccc(N3CCCC3)n2)c1. The van der Waals surface area contributed by atoms with Gasteiger partial charge in [0.25, 0.3) is 5.91 Å². The van der Waals surface area contributed by atoms with Gasteiger partial charge in [-0.25, -0.2) is 19.7 Å². The van der Waals surface area contributed by atoms with Crippen molar-refractivity contribution >= 4 is 50.2 Å². The molecule has 1 saturated heterocycles. The second kappa shape index (κ2) is 13.8. The molecule has 8 rings (SSSR count). The minimum absolute atomic E-state index is 0.203. The van der Waals surface area contributed by atoms with Crippen molar-refractivity contribution in [1.82, 2.24) is 24.7 Å². The van der Waals surface area contributed by atoms with E-state index in [1.54, 1.807) is 6.20 Å². The second-order valence-corrected chi connectivity index (χ2v) is 15.3. The minimum Gasteiger partial charge on any atom is -0.455 e. The lowest BCUT2D eigenvalue weighted by atomic mass is 9.94. The Morgan fingerprint density at radius 3 is 2.50 bits per heavy atom. The number of nitrogens with zero attached hydrogens (tertiary/aromatic N) is 7. The zero-order valence-electron chi connectivity index (χ0n) is 29.5. The molecular formula is C40H40N8O3S. The van der Waals surface area contributed by atoms with Gasteiger partial charge in [0.1, 0.15) is 17.2 Å².